The first-order chi connectivity index (χ1) is 6.94. The molecule has 2 N–H and O–H groups in total. The average molecular weight is 250 g/mol. The predicted octanol–water partition coefficient (Wildman–Crippen LogP) is 2.56. The Kier molecular flexibility index (Phi) is 3.99. The van der Waals surface area contributed by atoms with Crippen LogP contribution in [-0.2, 0) is 4.79 Å². The Hall–Kier alpha value is -1.67. The summed E-state index contributed by atoms with van der Waals surface area (Å²) >= 11 is 0. The van der Waals surface area contributed by atoms with Gasteiger partial charge in [-0.1, -0.05) is 0 Å². The highest BCUT2D eigenvalue weighted by atomic mass is 19.4. The minimum Gasteiger partial charge on any atom is -0.508 e. The van der Waals surface area contributed by atoms with Gasteiger partial charge >= 0.3 is 12.4 Å². The molecule has 0 unspecified atom stereocenters. The number of hydrogen-bond donors (Lipinski definition) is 2. The lowest BCUT2D eigenvalue weighted by Gasteiger charge is -2.04. The van der Waals surface area contributed by atoms with Crippen LogP contribution in [0.5, 0.6) is 0 Å². The molecule has 3 nitrogen and oxygen atoms in total. The maximum absolute atomic E-state index is 11.6. The van der Waals surface area contributed by atoms with Gasteiger partial charge in [0.05, 0.1) is 0 Å². The molecule has 0 aliphatic carbocycles. The molecule has 0 rings (SSSR count). The maximum atomic E-state index is 11.6. The van der Waals surface area contributed by atoms with E-state index in [0.29, 0.717) is 0 Å². The van der Waals surface area contributed by atoms with Gasteiger partial charge in [-0.05, 0) is 0 Å². The fourth-order valence-corrected chi connectivity index (χ4v) is 0.480. The van der Waals surface area contributed by atoms with Crippen molar-refractivity contribution in [2.24, 2.45) is 0 Å². The molecule has 0 aliphatic heterocycles. The first-order valence-electron chi connectivity index (χ1n) is 3.44. The van der Waals surface area contributed by atoms with Crippen LogP contribution in [0.4, 0.5) is 26.3 Å². The lowest BCUT2D eigenvalue weighted by molar-refractivity contribution is -0.165. The Bertz CT molecular complexity index is 335. The largest absolute Gasteiger partial charge is 0.508 e. The summed E-state index contributed by atoms with van der Waals surface area (Å²) in [7, 11) is 0. The Morgan fingerprint density at radius 1 is 0.875 bits per heavy atom. The van der Waals surface area contributed by atoms with Crippen LogP contribution >= 0.6 is 0 Å². The molecular weight excluding hydrogens is 246 g/mol. The summed E-state index contributed by atoms with van der Waals surface area (Å²) in [6.07, 6.45) is -11.4. The minimum atomic E-state index is -5.31. The summed E-state index contributed by atoms with van der Waals surface area (Å²) in [5, 5.41) is 16.7. The fourth-order valence-electron chi connectivity index (χ4n) is 0.480. The molecule has 0 fully saturated rings. The van der Waals surface area contributed by atoms with Crippen molar-refractivity contribution in [3.05, 3.63) is 23.7 Å². The number of halogens is 6. The van der Waals surface area contributed by atoms with Crippen LogP contribution in [0.2, 0.25) is 0 Å². The van der Waals surface area contributed by atoms with E-state index in [1.165, 1.54) is 0 Å². The van der Waals surface area contributed by atoms with Crippen molar-refractivity contribution in [1.29, 1.82) is 0 Å². The fraction of sp³-hybridized carbons (Fsp3) is 0.286. The topological polar surface area (TPSA) is 57.5 Å². The van der Waals surface area contributed by atoms with E-state index in [-0.39, 0.29) is 0 Å². The van der Waals surface area contributed by atoms with Crippen LogP contribution in [-0.4, -0.2) is 28.3 Å². The van der Waals surface area contributed by atoms with Gasteiger partial charge in [0.15, 0.2) is 0 Å². The molecule has 0 atom stereocenters. The summed E-state index contributed by atoms with van der Waals surface area (Å²) in [6, 6.07) is 0. The van der Waals surface area contributed by atoms with Crippen molar-refractivity contribution in [1.82, 2.24) is 0 Å². The second kappa shape index (κ2) is 4.45. The molecule has 0 heterocycles. The van der Waals surface area contributed by atoms with Crippen LogP contribution in [0.15, 0.2) is 23.7 Å². The third-order valence-corrected chi connectivity index (χ3v) is 1.13. The highest BCUT2D eigenvalue weighted by Gasteiger charge is 2.37. The van der Waals surface area contributed by atoms with Crippen LogP contribution in [0, 0.1) is 0 Å². The van der Waals surface area contributed by atoms with Gasteiger partial charge in [0.2, 0.25) is 5.76 Å². The van der Waals surface area contributed by atoms with Gasteiger partial charge in [-0.25, -0.2) is 0 Å². The summed E-state index contributed by atoms with van der Waals surface area (Å²) in [5.74, 6) is -6.52. The molecular formula is C7H4F6O3. The summed E-state index contributed by atoms with van der Waals surface area (Å²) < 4.78 is 69.6. The van der Waals surface area contributed by atoms with E-state index in [2.05, 4.69) is 0 Å². The zero-order chi connectivity index (χ0) is 13.1. The van der Waals surface area contributed by atoms with Gasteiger partial charge in [-0.15, -0.1) is 0 Å². The Morgan fingerprint density at radius 2 is 1.31 bits per heavy atom. The van der Waals surface area contributed by atoms with Crippen molar-refractivity contribution in [3.63, 3.8) is 0 Å². The van der Waals surface area contributed by atoms with E-state index in [4.69, 9.17) is 10.2 Å². The zero-order valence-electron chi connectivity index (χ0n) is 7.23. The van der Waals surface area contributed by atoms with Crippen molar-refractivity contribution in [3.8, 4) is 0 Å². The van der Waals surface area contributed by atoms with Gasteiger partial charge in [0.1, 0.15) is 5.76 Å². The maximum Gasteiger partial charge on any atom is 0.454 e. The smallest absolute Gasteiger partial charge is 0.454 e. The van der Waals surface area contributed by atoms with Gasteiger partial charge in [0.25, 0.3) is 5.78 Å². The molecule has 0 aromatic carbocycles. The van der Waals surface area contributed by atoms with E-state index < -0.39 is 41.8 Å². The first kappa shape index (κ1) is 14.3. The molecule has 0 spiro atoms. The highest BCUT2D eigenvalue weighted by molar-refractivity contribution is 5.94. The molecule has 0 amide bonds. The van der Waals surface area contributed by atoms with Crippen molar-refractivity contribution in [2.45, 2.75) is 12.4 Å². The molecule has 0 aliphatic rings. The number of aliphatic hydroxyl groups is 2. The number of ketones is 1. The number of carbonyl (C=O) groups is 1. The number of rotatable bonds is 2. The van der Waals surface area contributed by atoms with E-state index in [9.17, 15) is 31.1 Å². The van der Waals surface area contributed by atoms with Crippen LogP contribution < -0.4 is 0 Å². The van der Waals surface area contributed by atoms with Gasteiger partial charge in [-0.2, -0.15) is 26.3 Å². The van der Waals surface area contributed by atoms with E-state index in [0.717, 1.165) is 0 Å². The quantitative estimate of drug-likeness (QED) is 0.342. The van der Waals surface area contributed by atoms with Crippen molar-refractivity contribution < 1.29 is 41.4 Å². The van der Waals surface area contributed by atoms with Gasteiger partial charge in [-0.3, -0.25) is 4.79 Å². The normalized spacial score (nSPS) is 15.1. The first-order valence-corrected chi connectivity index (χ1v) is 3.44. The number of allylic oxidation sites excluding steroid dienone is 3. The van der Waals surface area contributed by atoms with Crippen molar-refractivity contribution in [2.75, 3.05) is 0 Å². The van der Waals surface area contributed by atoms with Crippen LogP contribution in [0.1, 0.15) is 0 Å². The number of alkyl halides is 6. The predicted molar refractivity (Wildman–Crippen MR) is 38.5 cm³/mol. The summed E-state index contributed by atoms with van der Waals surface area (Å²) in [4.78, 5) is 10.2. The molecule has 0 saturated heterocycles. The minimum absolute atomic E-state index is 0.413. The third-order valence-electron chi connectivity index (χ3n) is 1.13. The van der Waals surface area contributed by atoms with Crippen LogP contribution in [0.25, 0.3) is 0 Å². The standard InChI is InChI=1S/C7H4F6O3/c8-6(9,10)4(15)1-3(14)2-5(16)7(11,12)13/h1-2,14-15H/b3-2-,4-1-. The average Bonchev–Trinajstić information content (AvgIpc) is 1.99. The molecule has 9 heteroatoms. The Labute approximate surface area is 84.3 Å². The second-order valence-electron chi connectivity index (χ2n) is 2.46. The van der Waals surface area contributed by atoms with E-state index >= 15 is 0 Å². The van der Waals surface area contributed by atoms with E-state index in [1.807, 2.05) is 0 Å². The SMILES string of the molecule is O=C(/C=C(O)/C=C(\O)C(F)(F)F)C(F)(F)F. The monoisotopic (exact) mass is 250 g/mol. The van der Waals surface area contributed by atoms with Crippen LogP contribution in [0.3, 0.4) is 0 Å². The third kappa shape index (κ3) is 4.71. The summed E-state index contributed by atoms with van der Waals surface area (Å²) in [6.45, 7) is 0. The molecule has 0 aromatic heterocycles. The molecule has 0 bridgehead atoms. The number of aliphatic hydroxyl groups excluding tert-OH is 2. The lowest BCUT2D eigenvalue weighted by atomic mass is 10.3. The molecule has 16 heavy (non-hydrogen) atoms. The Balaban J connectivity index is 4.91. The van der Waals surface area contributed by atoms with Gasteiger partial charge in [0, 0.05) is 12.2 Å². The Morgan fingerprint density at radius 3 is 1.62 bits per heavy atom. The highest BCUT2D eigenvalue weighted by Crippen LogP contribution is 2.24. The van der Waals surface area contributed by atoms with Gasteiger partial charge < -0.3 is 10.2 Å². The molecule has 92 valence electrons. The number of carbonyl (C=O) groups excluding carboxylic acids is 1. The lowest BCUT2D eigenvalue weighted by Crippen LogP contribution is -2.20. The van der Waals surface area contributed by atoms with Crippen molar-refractivity contribution >= 4 is 5.78 Å². The van der Waals surface area contributed by atoms with E-state index in [1.54, 1.807) is 0 Å². The second-order valence-corrected chi connectivity index (χ2v) is 2.46. The molecule has 0 aromatic rings. The zero-order valence-corrected chi connectivity index (χ0v) is 7.23. The number of hydrogen-bond acceptors (Lipinski definition) is 3. The molecule has 0 saturated carbocycles. The summed E-state index contributed by atoms with van der Waals surface area (Å²) in [5.41, 5.74) is 0. The molecule has 0 radical (unpaired) electrons.